The van der Waals surface area contributed by atoms with Gasteiger partial charge < -0.3 is 0 Å². The van der Waals surface area contributed by atoms with Crippen molar-refractivity contribution in [3.05, 3.63) is 174 Å². The molecule has 0 bridgehead atoms. The molecule has 7 aromatic carbocycles. The fourth-order valence-corrected chi connectivity index (χ4v) is 7.97. The summed E-state index contributed by atoms with van der Waals surface area (Å²) in [5.74, 6) is 1.96. The third-order valence-electron chi connectivity index (χ3n) is 10.9. The Morgan fingerprint density at radius 2 is 0.830 bits per heavy atom. The lowest BCUT2D eigenvalue weighted by molar-refractivity contribution is 0.589. The molecular weight excluding hydrogens is 643 g/mol. The van der Waals surface area contributed by atoms with E-state index in [4.69, 9.17) is 15.0 Å². The van der Waals surface area contributed by atoms with Crippen LogP contribution < -0.4 is 0 Å². The molecule has 1 aliphatic carbocycles. The van der Waals surface area contributed by atoms with Crippen LogP contribution in [0.5, 0.6) is 0 Å². The molecule has 0 fully saturated rings. The first-order valence-electron chi connectivity index (χ1n) is 18.4. The zero-order chi connectivity index (χ0) is 36.3. The molecule has 0 N–H and O–H groups in total. The highest BCUT2D eigenvalue weighted by molar-refractivity contribution is 6.05. The number of nitrogens with zero attached hydrogens (tertiary/aromatic N) is 3. The summed E-state index contributed by atoms with van der Waals surface area (Å²) in [6, 6.07) is 56.4. The molecule has 0 amide bonds. The van der Waals surface area contributed by atoms with Crippen molar-refractivity contribution in [2.45, 2.75) is 45.4 Å². The predicted molar refractivity (Wildman–Crippen MR) is 221 cm³/mol. The highest BCUT2D eigenvalue weighted by Crippen LogP contribution is 2.51. The van der Waals surface area contributed by atoms with Crippen molar-refractivity contribution in [3.63, 3.8) is 0 Å². The summed E-state index contributed by atoms with van der Waals surface area (Å²) >= 11 is 0. The second-order valence-corrected chi connectivity index (χ2v) is 15.7. The molecule has 1 aromatic heterocycles. The Bertz CT molecular complexity index is 2610. The number of hydrogen-bond acceptors (Lipinski definition) is 3. The monoisotopic (exact) mass is 683 g/mol. The zero-order valence-electron chi connectivity index (χ0n) is 30.9. The van der Waals surface area contributed by atoms with Crippen molar-refractivity contribution in [1.29, 1.82) is 0 Å². The van der Waals surface area contributed by atoms with Gasteiger partial charge in [-0.15, -0.1) is 0 Å². The normalized spacial score (nSPS) is 13.2. The second-order valence-electron chi connectivity index (χ2n) is 15.7. The SMILES string of the molecule is CC(C)(C)c1ccc2c(c1)-c1cc(-c3ccc(-c4cccc(-c5nc(-c6ccccc6)nc(-c6ccccc6)n5)c4)c4ccccc34)ccc1C2(C)C. The average molecular weight is 684 g/mol. The number of fused-ring (bicyclic) bond motifs is 4. The Kier molecular flexibility index (Phi) is 7.71. The van der Waals surface area contributed by atoms with Crippen molar-refractivity contribution in [1.82, 2.24) is 15.0 Å². The minimum absolute atomic E-state index is 0.0429. The maximum absolute atomic E-state index is 5.00. The number of rotatable bonds is 5. The van der Waals surface area contributed by atoms with Crippen LogP contribution in [0.15, 0.2) is 158 Å². The van der Waals surface area contributed by atoms with Gasteiger partial charge in [0.1, 0.15) is 0 Å². The van der Waals surface area contributed by atoms with Crippen LogP contribution >= 0.6 is 0 Å². The van der Waals surface area contributed by atoms with Crippen LogP contribution in [-0.2, 0) is 10.8 Å². The van der Waals surface area contributed by atoms with E-state index >= 15 is 0 Å². The van der Waals surface area contributed by atoms with Crippen LogP contribution in [0, 0.1) is 0 Å². The third-order valence-corrected chi connectivity index (χ3v) is 10.9. The van der Waals surface area contributed by atoms with Crippen LogP contribution in [0.1, 0.15) is 51.3 Å². The Morgan fingerprint density at radius 1 is 0.377 bits per heavy atom. The zero-order valence-corrected chi connectivity index (χ0v) is 30.9. The van der Waals surface area contributed by atoms with Gasteiger partial charge in [-0.3, -0.25) is 0 Å². The van der Waals surface area contributed by atoms with Gasteiger partial charge in [-0.2, -0.15) is 0 Å². The Labute approximate surface area is 312 Å². The summed E-state index contributed by atoms with van der Waals surface area (Å²) in [5, 5.41) is 2.44. The Morgan fingerprint density at radius 3 is 1.40 bits per heavy atom. The lowest BCUT2D eigenvalue weighted by Gasteiger charge is -2.23. The largest absolute Gasteiger partial charge is 0.208 e. The molecule has 0 saturated carbocycles. The van der Waals surface area contributed by atoms with Crippen molar-refractivity contribution >= 4 is 10.8 Å². The quantitative estimate of drug-likeness (QED) is 0.181. The van der Waals surface area contributed by atoms with E-state index in [0.29, 0.717) is 17.5 Å². The maximum atomic E-state index is 5.00. The van der Waals surface area contributed by atoms with Crippen molar-refractivity contribution in [3.8, 4) is 67.5 Å². The molecule has 1 heterocycles. The lowest BCUT2D eigenvalue weighted by atomic mass is 9.80. The molecule has 8 aromatic rings. The first-order valence-corrected chi connectivity index (χ1v) is 18.4. The van der Waals surface area contributed by atoms with E-state index in [9.17, 15) is 0 Å². The molecule has 0 spiro atoms. The Balaban J connectivity index is 1.15. The summed E-state index contributed by atoms with van der Waals surface area (Å²) in [7, 11) is 0. The van der Waals surface area contributed by atoms with Crippen LogP contribution in [0.2, 0.25) is 0 Å². The average Bonchev–Trinajstić information content (AvgIpc) is 3.42. The molecule has 1 aliphatic rings. The van der Waals surface area contributed by atoms with Gasteiger partial charge in [0.25, 0.3) is 0 Å². The maximum Gasteiger partial charge on any atom is 0.164 e. The van der Waals surface area contributed by atoms with Gasteiger partial charge in [-0.25, -0.2) is 15.0 Å². The fourth-order valence-electron chi connectivity index (χ4n) is 7.97. The van der Waals surface area contributed by atoms with Crippen molar-refractivity contribution in [2.75, 3.05) is 0 Å². The first-order chi connectivity index (χ1) is 25.6. The van der Waals surface area contributed by atoms with E-state index in [0.717, 1.165) is 22.3 Å². The minimum atomic E-state index is -0.0429. The summed E-state index contributed by atoms with van der Waals surface area (Å²) in [4.78, 5) is 14.9. The van der Waals surface area contributed by atoms with Crippen LogP contribution in [0.4, 0.5) is 0 Å². The highest BCUT2D eigenvalue weighted by Gasteiger charge is 2.36. The molecule has 0 radical (unpaired) electrons. The fraction of sp³-hybridized carbons (Fsp3) is 0.140. The number of aromatic nitrogens is 3. The van der Waals surface area contributed by atoms with Crippen LogP contribution in [0.25, 0.3) is 78.3 Å². The van der Waals surface area contributed by atoms with E-state index in [1.54, 1.807) is 0 Å². The number of benzene rings is 7. The molecule has 3 heteroatoms. The molecule has 9 rings (SSSR count). The van der Waals surface area contributed by atoms with Gasteiger partial charge in [0.2, 0.25) is 0 Å². The van der Waals surface area contributed by atoms with E-state index < -0.39 is 0 Å². The molecule has 0 aliphatic heterocycles. The van der Waals surface area contributed by atoms with Gasteiger partial charge in [0.15, 0.2) is 17.5 Å². The van der Waals surface area contributed by atoms with E-state index in [-0.39, 0.29) is 10.8 Å². The van der Waals surface area contributed by atoms with Crippen molar-refractivity contribution in [2.24, 2.45) is 0 Å². The summed E-state index contributed by atoms with van der Waals surface area (Å²) in [6.07, 6.45) is 0. The standard InChI is InChI=1S/C50H41N3/c1-49(2,3)37-24-28-45-43(31-37)42-30-35(23-27-44(42)50(45,4)5)39-26-25-38(40-21-12-13-22-41(39)40)34-19-14-20-36(29-34)48-52-46(32-15-8-6-9-16-32)51-47(53-48)33-17-10-7-11-18-33/h6-31H,1-5H3. The van der Waals surface area contributed by atoms with E-state index in [1.165, 1.54) is 55.3 Å². The summed E-state index contributed by atoms with van der Waals surface area (Å²) in [5.41, 5.74) is 14.5. The van der Waals surface area contributed by atoms with Gasteiger partial charge in [0.05, 0.1) is 0 Å². The number of hydrogen-bond donors (Lipinski definition) is 0. The lowest BCUT2D eigenvalue weighted by Crippen LogP contribution is -2.16. The summed E-state index contributed by atoms with van der Waals surface area (Å²) < 4.78 is 0. The molecule has 3 nitrogen and oxygen atoms in total. The minimum Gasteiger partial charge on any atom is -0.208 e. The van der Waals surface area contributed by atoms with Gasteiger partial charge in [0, 0.05) is 22.1 Å². The van der Waals surface area contributed by atoms with Crippen molar-refractivity contribution < 1.29 is 0 Å². The van der Waals surface area contributed by atoms with E-state index in [1.807, 2.05) is 60.7 Å². The first kappa shape index (κ1) is 32.7. The molecule has 256 valence electrons. The Hall–Kier alpha value is -6.19. The highest BCUT2D eigenvalue weighted by atomic mass is 15.0. The molecule has 0 atom stereocenters. The molecule has 53 heavy (non-hydrogen) atoms. The summed E-state index contributed by atoms with van der Waals surface area (Å²) in [6.45, 7) is 11.6. The smallest absolute Gasteiger partial charge is 0.164 e. The van der Waals surface area contributed by atoms with Gasteiger partial charge in [-0.05, 0) is 78.4 Å². The molecule has 0 saturated heterocycles. The topological polar surface area (TPSA) is 38.7 Å². The van der Waals surface area contributed by atoms with Gasteiger partial charge in [-0.1, -0.05) is 180 Å². The van der Waals surface area contributed by atoms with E-state index in [2.05, 4.69) is 132 Å². The molecule has 0 unspecified atom stereocenters. The van der Waals surface area contributed by atoms with Crippen LogP contribution in [0.3, 0.4) is 0 Å². The second kappa shape index (κ2) is 12.5. The van der Waals surface area contributed by atoms with Crippen LogP contribution in [-0.4, -0.2) is 15.0 Å². The molecular formula is C50H41N3. The predicted octanol–water partition coefficient (Wildman–Crippen LogP) is 13.0. The third kappa shape index (κ3) is 5.74. The van der Waals surface area contributed by atoms with Gasteiger partial charge >= 0.3 is 0 Å².